The molecule has 10 rings (SSSR count). The zero-order valence-electron chi connectivity index (χ0n) is 24.0. The molecule has 44 heavy (non-hydrogen) atoms. The summed E-state index contributed by atoms with van der Waals surface area (Å²) in [6.45, 7) is 0. The lowest BCUT2D eigenvalue weighted by Gasteiger charge is -2.27. The molecule has 0 fully saturated rings. The predicted octanol–water partition coefficient (Wildman–Crippen LogP) is 6.72. The van der Waals surface area contributed by atoms with Crippen LogP contribution < -0.4 is 20.7 Å². The van der Waals surface area contributed by atoms with Crippen molar-refractivity contribution in [3.63, 3.8) is 0 Å². The number of benzene rings is 5. The summed E-state index contributed by atoms with van der Waals surface area (Å²) >= 11 is 0. The molecule has 1 aliphatic carbocycles. The molecule has 0 saturated heterocycles. The summed E-state index contributed by atoms with van der Waals surface area (Å²) in [4.78, 5) is 10.2. The van der Waals surface area contributed by atoms with Gasteiger partial charge in [0.1, 0.15) is 0 Å². The molecule has 2 aromatic heterocycles. The Hall–Kier alpha value is -5.38. The molecule has 0 N–H and O–H groups in total. The Bertz CT molecular complexity index is 2280. The van der Waals surface area contributed by atoms with E-state index in [-0.39, 0.29) is 0 Å². The monoisotopic (exact) mass is 574 g/mol. The lowest BCUT2D eigenvalue weighted by molar-refractivity contribution is 1.11. The second-order valence-electron chi connectivity index (χ2n) is 12.1. The van der Waals surface area contributed by atoms with Crippen LogP contribution in [0.5, 0.6) is 0 Å². The number of pyridine rings is 2. The van der Waals surface area contributed by atoms with Crippen molar-refractivity contribution in [2.24, 2.45) is 0 Å². The summed E-state index contributed by atoms with van der Waals surface area (Å²) in [6.07, 6.45) is 2.71. The molecule has 1 spiro atoms. The maximum absolute atomic E-state index is 5.39. The van der Waals surface area contributed by atoms with Crippen LogP contribution in [0.4, 0.5) is 0 Å². The molecule has 0 radical (unpaired) electrons. The van der Waals surface area contributed by atoms with Crippen molar-refractivity contribution in [2.45, 2.75) is 6.42 Å². The van der Waals surface area contributed by atoms with Crippen LogP contribution in [0.15, 0.2) is 146 Å². The fourth-order valence-electron chi connectivity index (χ4n) is 8.22. The molecule has 3 aliphatic rings. The van der Waals surface area contributed by atoms with E-state index in [2.05, 4.69) is 133 Å². The Morgan fingerprint density at radius 2 is 1.05 bits per heavy atom. The highest BCUT2D eigenvalue weighted by Crippen LogP contribution is 2.43. The Balaban J connectivity index is 1.25. The molecule has 0 amide bonds. The van der Waals surface area contributed by atoms with Gasteiger partial charge in [0.2, 0.25) is 0 Å². The van der Waals surface area contributed by atoms with E-state index in [0.29, 0.717) is 0 Å². The summed E-state index contributed by atoms with van der Waals surface area (Å²) in [7, 11) is -2.44. The average molecular weight is 575 g/mol. The molecule has 2 nitrogen and oxygen atoms in total. The molecular formula is C41H26N2Si. The van der Waals surface area contributed by atoms with E-state index in [9.17, 15) is 0 Å². The third-order valence-electron chi connectivity index (χ3n) is 9.99. The Labute approximate surface area is 257 Å². The number of hydrogen-bond acceptors (Lipinski definition) is 2. The van der Waals surface area contributed by atoms with Crippen molar-refractivity contribution >= 4 is 28.8 Å². The third-order valence-corrected chi connectivity index (χ3v) is 15.0. The first-order valence-corrected chi connectivity index (χ1v) is 17.3. The van der Waals surface area contributed by atoms with Gasteiger partial charge in [-0.25, -0.2) is 4.98 Å². The lowest BCUT2D eigenvalue weighted by atomic mass is 9.96. The van der Waals surface area contributed by atoms with Crippen molar-refractivity contribution in [1.82, 2.24) is 9.97 Å². The highest BCUT2D eigenvalue weighted by Gasteiger charge is 2.53. The molecule has 2 aliphatic heterocycles. The molecule has 5 aromatic carbocycles. The van der Waals surface area contributed by atoms with E-state index in [1.165, 1.54) is 65.3 Å². The van der Waals surface area contributed by atoms with Crippen molar-refractivity contribution in [1.29, 1.82) is 0 Å². The van der Waals surface area contributed by atoms with Crippen molar-refractivity contribution < 1.29 is 0 Å². The quantitative estimate of drug-likeness (QED) is 0.214. The van der Waals surface area contributed by atoms with Gasteiger partial charge in [-0.2, -0.15) is 0 Å². The van der Waals surface area contributed by atoms with Crippen molar-refractivity contribution in [3.8, 4) is 55.9 Å². The van der Waals surface area contributed by atoms with Crippen LogP contribution in [-0.2, 0) is 6.42 Å². The Morgan fingerprint density at radius 1 is 0.455 bits per heavy atom. The minimum Gasteiger partial charge on any atom is -0.260 e. The molecule has 0 saturated carbocycles. The zero-order chi connectivity index (χ0) is 28.8. The molecule has 3 heteroatoms. The first kappa shape index (κ1) is 24.1. The fourth-order valence-corrected chi connectivity index (χ4v) is 13.8. The van der Waals surface area contributed by atoms with Gasteiger partial charge in [-0.3, -0.25) is 4.98 Å². The van der Waals surface area contributed by atoms with Crippen LogP contribution >= 0.6 is 0 Å². The van der Waals surface area contributed by atoms with Gasteiger partial charge in [0.05, 0.1) is 17.1 Å². The molecule has 204 valence electrons. The Morgan fingerprint density at radius 3 is 1.75 bits per heavy atom. The molecule has 0 atom stereocenters. The summed E-state index contributed by atoms with van der Waals surface area (Å²) in [5, 5.41) is 6.00. The zero-order valence-corrected chi connectivity index (χ0v) is 25.0. The van der Waals surface area contributed by atoms with E-state index in [1.54, 1.807) is 0 Å². The smallest absolute Gasteiger partial charge is 0.182 e. The average Bonchev–Trinajstić information content (AvgIpc) is 3.72. The fraction of sp³-hybridized carbons (Fsp3) is 0.0244. The van der Waals surface area contributed by atoms with Crippen molar-refractivity contribution in [2.75, 3.05) is 0 Å². The molecule has 4 heterocycles. The van der Waals surface area contributed by atoms with Gasteiger partial charge in [-0.1, -0.05) is 121 Å². The SMILES string of the molecule is c1ccc(-c2cc3c(c(-c4ccc5c(c4)-c4ccccc4[Si]54c5ccccc5-c5ccccc54)n2)Cc2ncccc2-3)cc1. The summed E-state index contributed by atoms with van der Waals surface area (Å²) < 4.78 is 0. The minimum atomic E-state index is -2.44. The topological polar surface area (TPSA) is 25.8 Å². The molecular weight excluding hydrogens is 549 g/mol. The highest BCUT2D eigenvalue weighted by atomic mass is 28.3. The van der Waals surface area contributed by atoms with Crippen LogP contribution in [0.1, 0.15) is 11.3 Å². The number of fused-ring (bicyclic) bond motifs is 13. The minimum absolute atomic E-state index is 0.802. The third kappa shape index (κ3) is 3.04. The Kier molecular flexibility index (Phi) is 4.83. The lowest BCUT2D eigenvalue weighted by Crippen LogP contribution is -2.70. The van der Waals surface area contributed by atoms with E-state index in [0.717, 1.165) is 29.1 Å². The van der Waals surface area contributed by atoms with Crippen LogP contribution in [0.3, 0.4) is 0 Å². The van der Waals surface area contributed by atoms with Gasteiger partial charge < -0.3 is 0 Å². The normalized spacial score (nSPS) is 14.0. The van der Waals surface area contributed by atoms with E-state index >= 15 is 0 Å². The summed E-state index contributed by atoms with van der Waals surface area (Å²) in [6, 6.07) is 51.7. The van der Waals surface area contributed by atoms with Crippen LogP contribution in [0.25, 0.3) is 55.9 Å². The predicted molar refractivity (Wildman–Crippen MR) is 183 cm³/mol. The first-order chi connectivity index (χ1) is 21.8. The maximum Gasteiger partial charge on any atom is 0.182 e. The summed E-state index contributed by atoms with van der Waals surface area (Å²) in [5.74, 6) is 0. The first-order valence-electron chi connectivity index (χ1n) is 15.3. The van der Waals surface area contributed by atoms with Crippen molar-refractivity contribution in [3.05, 3.63) is 157 Å². The second-order valence-corrected chi connectivity index (χ2v) is 15.7. The second kappa shape index (κ2) is 8.82. The molecule has 7 aromatic rings. The van der Waals surface area contributed by atoms with Gasteiger partial charge in [-0.05, 0) is 72.3 Å². The number of nitrogens with zero attached hydrogens (tertiary/aromatic N) is 2. The molecule has 0 unspecified atom stereocenters. The number of rotatable bonds is 2. The largest absolute Gasteiger partial charge is 0.260 e. The van der Waals surface area contributed by atoms with Gasteiger partial charge in [0.15, 0.2) is 8.07 Å². The summed E-state index contributed by atoms with van der Waals surface area (Å²) in [5.41, 5.74) is 14.7. The molecule has 0 bridgehead atoms. The number of hydrogen-bond donors (Lipinski definition) is 0. The maximum atomic E-state index is 5.39. The van der Waals surface area contributed by atoms with Crippen LogP contribution in [0, 0.1) is 0 Å². The standard InChI is InChI=1S/C41H26N2Si/c1-2-11-26(12-3-1)35-24-32-28-16-10-22-42-36(28)25-34(32)41(43-35)27-20-21-40-33(23-27)31-15-6-9-19-39(31)44(40)37-17-7-4-13-29(37)30-14-5-8-18-38(30)44/h1-24H,25H2. The van der Waals surface area contributed by atoms with Gasteiger partial charge >= 0.3 is 0 Å². The van der Waals surface area contributed by atoms with Crippen LogP contribution in [-0.4, -0.2) is 18.0 Å². The highest BCUT2D eigenvalue weighted by molar-refractivity contribution is 7.24. The van der Waals surface area contributed by atoms with E-state index in [1.807, 2.05) is 12.3 Å². The van der Waals surface area contributed by atoms with E-state index < -0.39 is 8.07 Å². The number of aromatic nitrogens is 2. The van der Waals surface area contributed by atoms with Crippen LogP contribution in [0.2, 0.25) is 0 Å². The van der Waals surface area contributed by atoms with Gasteiger partial charge in [-0.15, -0.1) is 0 Å². The van der Waals surface area contributed by atoms with Gasteiger partial charge in [0, 0.05) is 29.3 Å². The van der Waals surface area contributed by atoms with E-state index in [4.69, 9.17) is 9.97 Å². The van der Waals surface area contributed by atoms with Gasteiger partial charge in [0.25, 0.3) is 0 Å².